The van der Waals surface area contributed by atoms with E-state index in [0.717, 1.165) is 64.3 Å². The lowest BCUT2D eigenvalue weighted by molar-refractivity contribution is 0.0664. The Kier molecular flexibility index (Phi) is 6.08. The number of nitrogens with zero attached hydrogens (tertiary/aromatic N) is 3. The Balaban J connectivity index is 1.55. The first kappa shape index (κ1) is 20.6. The highest BCUT2D eigenvalue weighted by Gasteiger charge is 2.27. The summed E-state index contributed by atoms with van der Waals surface area (Å²) in [5.74, 6) is 0.118. The van der Waals surface area contributed by atoms with E-state index >= 15 is 0 Å². The second-order valence-corrected chi connectivity index (χ2v) is 9.74. The first-order valence-electron chi connectivity index (χ1n) is 9.96. The molecule has 1 amide bonds. The second kappa shape index (κ2) is 8.58. The van der Waals surface area contributed by atoms with E-state index in [1.54, 1.807) is 18.4 Å². The van der Waals surface area contributed by atoms with E-state index in [1.165, 1.54) is 11.1 Å². The highest BCUT2D eigenvalue weighted by molar-refractivity contribution is 9.10. The summed E-state index contributed by atoms with van der Waals surface area (Å²) in [6.45, 7) is 2.09. The molecule has 0 saturated carbocycles. The van der Waals surface area contributed by atoms with Crippen molar-refractivity contribution in [2.45, 2.75) is 31.7 Å². The zero-order chi connectivity index (χ0) is 20.5. The first-order valence-corrected chi connectivity index (χ1v) is 11.6. The smallest absolute Gasteiger partial charge is 0.263 e. The minimum Gasteiger partial charge on any atom is -0.399 e. The maximum atomic E-state index is 13.1. The number of hydrogen-bond donors (Lipinski definition) is 0. The van der Waals surface area contributed by atoms with Gasteiger partial charge in [-0.05, 0) is 85.0 Å². The normalized spacial score (nSPS) is 18.8. The van der Waals surface area contributed by atoms with Crippen LogP contribution in [0.25, 0.3) is 10.4 Å². The zero-order valence-electron chi connectivity index (χ0n) is 17.1. The molecule has 29 heavy (non-hydrogen) atoms. The number of hydrogen-bond acceptors (Lipinski definition) is 5. The third-order valence-electron chi connectivity index (χ3n) is 5.96. The average molecular weight is 476 g/mol. The van der Waals surface area contributed by atoms with E-state index in [4.69, 9.17) is 4.84 Å². The van der Waals surface area contributed by atoms with Gasteiger partial charge >= 0.3 is 0 Å². The van der Waals surface area contributed by atoms with Crippen molar-refractivity contribution in [2.75, 3.05) is 34.3 Å². The number of carbonyl (C=O) groups excluding carboxylic acids is 1. The molecule has 0 N–H and O–H groups in total. The molecule has 1 fully saturated rings. The third kappa shape index (κ3) is 4.13. The molecule has 0 spiro atoms. The molecule has 2 heterocycles. The van der Waals surface area contributed by atoms with Gasteiger partial charge in [0.2, 0.25) is 0 Å². The Morgan fingerprint density at radius 3 is 2.76 bits per heavy atom. The molecule has 1 aromatic heterocycles. The number of carbonyl (C=O) groups is 1. The number of oxime groups is 1. The molecule has 7 heteroatoms. The molecule has 5 nitrogen and oxygen atoms in total. The number of piperidine rings is 1. The summed E-state index contributed by atoms with van der Waals surface area (Å²) in [5.41, 5.74) is 4.60. The Morgan fingerprint density at radius 1 is 1.28 bits per heavy atom. The van der Waals surface area contributed by atoms with E-state index in [-0.39, 0.29) is 5.91 Å². The summed E-state index contributed by atoms with van der Waals surface area (Å²) in [5, 5.41) is 4.14. The van der Waals surface area contributed by atoms with Crippen molar-refractivity contribution in [1.82, 2.24) is 9.80 Å². The van der Waals surface area contributed by atoms with Gasteiger partial charge in [-0.2, -0.15) is 0 Å². The molecule has 4 rings (SSSR count). The zero-order valence-corrected chi connectivity index (χ0v) is 19.5. The van der Waals surface area contributed by atoms with Crippen molar-refractivity contribution in [3.8, 4) is 10.4 Å². The van der Waals surface area contributed by atoms with Crippen molar-refractivity contribution in [1.29, 1.82) is 0 Å². The van der Waals surface area contributed by atoms with E-state index in [1.807, 2.05) is 18.0 Å². The van der Waals surface area contributed by atoms with Crippen LogP contribution in [0.4, 0.5) is 0 Å². The number of halogens is 1. The largest absolute Gasteiger partial charge is 0.399 e. The maximum Gasteiger partial charge on any atom is 0.263 e. The summed E-state index contributed by atoms with van der Waals surface area (Å²) < 4.78 is 0.978. The summed E-state index contributed by atoms with van der Waals surface area (Å²) in [4.78, 5) is 24.2. The minimum atomic E-state index is 0.118. The van der Waals surface area contributed by atoms with Crippen molar-refractivity contribution in [2.24, 2.45) is 5.16 Å². The van der Waals surface area contributed by atoms with Crippen molar-refractivity contribution < 1.29 is 9.63 Å². The van der Waals surface area contributed by atoms with Gasteiger partial charge in [0.05, 0.1) is 10.6 Å². The van der Waals surface area contributed by atoms with E-state index in [2.05, 4.69) is 51.2 Å². The van der Waals surface area contributed by atoms with Crippen molar-refractivity contribution >= 4 is 38.9 Å². The molecular weight excluding hydrogens is 450 g/mol. The summed E-state index contributed by atoms with van der Waals surface area (Å²) in [7, 11) is 5.67. The lowest BCUT2D eigenvalue weighted by Crippen LogP contribution is -2.44. The van der Waals surface area contributed by atoms with Crippen molar-refractivity contribution in [3.05, 3.63) is 44.7 Å². The molecular formula is C22H26BrN3O2S. The summed E-state index contributed by atoms with van der Waals surface area (Å²) in [6, 6.07) is 8.74. The van der Waals surface area contributed by atoms with Crippen molar-refractivity contribution in [3.63, 3.8) is 0 Å². The number of amides is 1. The first-order chi connectivity index (χ1) is 14.0. The van der Waals surface area contributed by atoms with E-state index in [9.17, 15) is 4.79 Å². The second-order valence-electron chi connectivity index (χ2n) is 7.83. The van der Waals surface area contributed by atoms with E-state index in [0.29, 0.717) is 6.04 Å². The number of thiophene rings is 1. The maximum absolute atomic E-state index is 13.1. The fourth-order valence-corrected chi connectivity index (χ4v) is 6.09. The van der Waals surface area contributed by atoms with Crippen LogP contribution in [0.1, 0.15) is 40.1 Å². The molecule has 0 bridgehead atoms. The van der Waals surface area contributed by atoms with Gasteiger partial charge in [0.1, 0.15) is 7.11 Å². The lowest BCUT2D eigenvalue weighted by Gasteiger charge is -2.34. The standard InChI is InChI=1S/C22H26BrN3O2S/c1-25-10-8-16(9-11-25)26(2)22(27)20-13-18(23)21(29-20)15-4-6-17-14(12-15)5-7-19(17)24-28-3/h4,6,12-13,16H,5,7-11H2,1-3H3. The molecule has 1 aliphatic carbocycles. The van der Waals surface area contributed by atoms with Crippen LogP contribution in [0.3, 0.4) is 0 Å². The third-order valence-corrected chi connectivity index (χ3v) is 8.02. The minimum absolute atomic E-state index is 0.118. The molecule has 0 radical (unpaired) electrons. The van der Waals surface area contributed by atoms with Gasteiger partial charge in [-0.25, -0.2) is 0 Å². The summed E-state index contributed by atoms with van der Waals surface area (Å²) >= 11 is 5.25. The predicted molar refractivity (Wildman–Crippen MR) is 122 cm³/mol. The Labute approximate surface area is 184 Å². The number of likely N-dealkylation sites (tertiary alicyclic amines) is 1. The average Bonchev–Trinajstić information content (AvgIpc) is 3.31. The topological polar surface area (TPSA) is 45.1 Å². The molecule has 154 valence electrons. The van der Waals surface area contributed by atoms with Gasteiger partial charge < -0.3 is 14.6 Å². The van der Waals surface area contributed by atoms with Gasteiger partial charge in [0, 0.05) is 28.0 Å². The molecule has 1 aliphatic heterocycles. The molecule has 0 unspecified atom stereocenters. The van der Waals surface area contributed by atoms with Gasteiger partial charge in [-0.3, -0.25) is 4.79 Å². The van der Waals surface area contributed by atoms with Crippen LogP contribution in [-0.2, 0) is 11.3 Å². The fraction of sp³-hybridized carbons (Fsp3) is 0.455. The summed E-state index contributed by atoms with van der Waals surface area (Å²) in [6.07, 6.45) is 3.95. The van der Waals surface area contributed by atoms with Crippen LogP contribution in [0.5, 0.6) is 0 Å². The fourth-order valence-electron chi connectivity index (χ4n) is 4.21. The van der Waals surface area contributed by atoms with E-state index < -0.39 is 0 Å². The molecule has 1 aromatic carbocycles. The van der Waals surface area contributed by atoms with Crippen LogP contribution in [-0.4, -0.2) is 61.8 Å². The number of rotatable bonds is 4. The van der Waals surface area contributed by atoms with Gasteiger partial charge in [0.15, 0.2) is 0 Å². The number of aryl methyl sites for hydroxylation is 1. The molecule has 0 atom stereocenters. The van der Waals surface area contributed by atoms with Gasteiger partial charge in [-0.1, -0.05) is 17.3 Å². The number of benzene rings is 1. The molecule has 2 aliphatic rings. The quantitative estimate of drug-likeness (QED) is 0.604. The monoisotopic (exact) mass is 475 g/mol. The van der Waals surface area contributed by atoms with Gasteiger partial charge in [-0.15, -0.1) is 11.3 Å². The predicted octanol–water partition coefficient (Wildman–Crippen LogP) is 4.64. The lowest BCUT2D eigenvalue weighted by atomic mass is 10.0. The highest BCUT2D eigenvalue weighted by atomic mass is 79.9. The van der Waals surface area contributed by atoms with Crippen LogP contribution in [0.15, 0.2) is 33.9 Å². The van der Waals surface area contributed by atoms with Gasteiger partial charge in [0.25, 0.3) is 5.91 Å². The molecule has 1 saturated heterocycles. The Morgan fingerprint density at radius 2 is 2.03 bits per heavy atom. The van der Waals surface area contributed by atoms with Crippen LogP contribution in [0, 0.1) is 0 Å². The highest BCUT2D eigenvalue weighted by Crippen LogP contribution is 2.39. The Hall–Kier alpha value is -1.70. The number of fused-ring (bicyclic) bond motifs is 1. The Bertz CT molecular complexity index is 948. The van der Waals surface area contributed by atoms with Crippen LogP contribution in [0.2, 0.25) is 0 Å². The van der Waals surface area contributed by atoms with Crippen LogP contribution < -0.4 is 0 Å². The SMILES string of the molecule is CON=C1CCc2cc(-c3sc(C(=O)N(C)C4CCN(C)CC4)cc3Br)ccc21. The van der Waals surface area contributed by atoms with Crippen LogP contribution >= 0.6 is 27.3 Å². The molecule has 2 aromatic rings.